The van der Waals surface area contributed by atoms with Crippen LogP contribution in [0.4, 0.5) is 27.5 Å². The van der Waals surface area contributed by atoms with E-state index in [0.717, 1.165) is 5.69 Å². The zero-order chi connectivity index (χ0) is 34.6. The number of nitrogens with zero attached hydrogens (tertiary/aromatic N) is 3. The number of hydrogen-bond donors (Lipinski definition) is 3. The van der Waals surface area contributed by atoms with Crippen molar-refractivity contribution in [1.29, 1.82) is 0 Å². The number of amides is 5. The summed E-state index contributed by atoms with van der Waals surface area (Å²) in [6.45, 7) is 0.795. The van der Waals surface area contributed by atoms with E-state index >= 15 is 0 Å². The molecule has 3 N–H and O–H groups in total. The molecule has 11 nitrogen and oxygen atoms in total. The molecule has 0 aliphatic carbocycles. The van der Waals surface area contributed by atoms with Crippen LogP contribution in [0.5, 0.6) is 0 Å². The van der Waals surface area contributed by atoms with Gasteiger partial charge in [0.25, 0.3) is 0 Å². The van der Waals surface area contributed by atoms with Crippen LogP contribution >= 0.6 is 11.8 Å². The maximum Gasteiger partial charge on any atom is 0.319 e. The van der Waals surface area contributed by atoms with Gasteiger partial charge < -0.3 is 30.4 Å². The predicted octanol–water partition coefficient (Wildman–Crippen LogP) is 5.45. The number of benzene rings is 4. The lowest BCUT2D eigenvalue weighted by molar-refractivity contribution is -0.138. The second-order valence-electron chi connectivity index (χ2n) is 10.8. The Kier molecular flexibility index (Phi) is 12.3. The molecule has 0 heterocycles. The molecule has 0 aliphatic rings. The maximum absolute atomic E-state index is 13.6. The molecule has 1 atom stereocenters. The van der Waals surface area contributed by atoms with Gasteiger partial charge in [-0.05, 0) is 67.1 Å². The number of thioether (sulfide) groups is 1. The van der Waals surface area contributed by atoms with E-state index in [1.807, 2.05) is 42.5 Å². The molecular weight excluding hydrogens is 630 g/mol. The van der Waals surface area contributed by atoms with Crippen molar-refractivity contribution in [2.75, 3.05) is 53.0 Å². The number of para-hydroxylation sites is 2. The van der Waals surface area contributed by atoms with Crippen LogP contribution in [0.2, 0.25) is 0 Å². The molecule has 0 saturated heterocycles. The molecule has 48 heavy (non-hydrogen) atoms. The lowest BCUT2D eigenvalue weighted by Crippen LogP contribution is -2.46. The van der Waals surface area contributed by atoms with Gasteiger partial charge in [0.05, 0.1) is 18.2 Å². The molecule has 4 rings (SSSR count). The van der Waals surface area contributed by atoms with Crippen molar-refractivity contribution in [2.24, 2.45) is 0 Å². The third kappa shape index (κ3) is 9.69. The first-order valence-corrected chi connectivity index (χ1v) is 16.1. The van der Waals surface area contributed by atoms with Crippen molar-refractivity contribution in [2.45, 2.75) is 17.7 Å². The van der Waals surface area contributed by atoms with Crippen LogP contribution < -0.4 is 25.3 Å². The van der Waals surface area contributed by atoms with Crippen LogP contribution in [-0.2, 0) is 19.2 Å². The Balaban J connectivity index is 1.47. The molecule has 0 radical (unpaired) electrons. The average Bonchev–Trinajstić information content (AvgIpc) is 3.11. The molecule has 0 bridgehead atoms. The molecule has 1 unspecified atom stereocenters. The van der Waals surface area contributed by atoms with Crippen LogP contribution in [0, 0.1) is 0 Å². The highest BCUT2D eigenvalue weighted by molar-refractivity contribution is 8.00. The largest absolute Gasteiger partial charge is 0.481 e. The Morgan fingerprint density at radius 1 is 0.708 bits per heavy atom. The number of carboxylic acids is 1. The van der Waals surface area contributed by atoms with Crippen LogP contribution in [0.15, 0.2) is 114 Å². The average molecular weight is 668 g/mol. The monoisotopic (exact) mass is 667 g/mol. The molecule has 12 heteroatoms. The zero-order valence-electron chi connectivity index (χ0n) is 26.8. The van der Waals surface area contributed by atoms with Crippen LogP contribution in [0.1, 0.15) is 18.4 Å². The summed E-state index contributed by atoms with van der Waals surface area (Å²) in [6.07, 6.45) is 0. The standard InChI is InChI=1S/C36H37N5O6S/c1-25(35(45)46)26-12-10-13-27(20-26)38-36(47)37-22-32(42)41(23-33(43)39(2)28-14-6-4-7-15-28)30-18-11-19-31(21-30)48-24-34(44)40(3)29-16-8-5-9-17-29/h4-21,25H,22-24H2,1-3H3,(H,45,46)(H2,37,38,47). The van der Waals surface area contributed by atoms with Crippen molar-refractivity contribution in [3.8, 4) is 0 Å². The summed E-state index contributed by atoms with van der Waals surface area (Å²) in [5.74, 6) is -2.64. The third-order valence-electron chi connectivity index (χ3n) is 7.54. The number of rotatable bonds is 13. The summed E-state index contributed by atoms with van der Waals surface area (Å²) in [6, 6.07) is 31.0. The topological polar surface area (TPSA) is 139 Å². The van der Waals surface area contributed by atoms with Gasteiger partial charge in [0, 0.05) is 41.7 Å². The minimum absolute atomic E-state index is 0.109. The minimum Gasteiger partial charge on any atom is -0.481 e. The maximum atomic E-state index is 13.6. The van der Waals surface area contributed by atoms with E-state index in [2.05, 4.69) is 10.6 Å². The summed E-state index contributed by atoms with van der Waals surface area (Å²) < 4.78 is 0. The smallest absolute Gasteiger partial charge is 0.319 e. The van der Waals surface area contributed by atoms with Gasteiger partial charge in [-0.25, -0.2) is 4.79 Å². The van der Waals surface area contributed by atoms with Gasteiger partial charge in [0.2, 0.25) is 17.7 Å². The Labute approximate surface area is 283 Å². The number of hydrogen-bond acceptors (Lipinski definition) is 6. The first-order chi connectivity index (χ1) is 23.0. The SMILES string of the molecule is CC(C(=O)O)c1cccc(NC(=O)NCC(=O)N(CC(=O)N(C)c2ccccc2)c2cccc(SCC(=O)N(C)c3ccccc3)c2)c1. The molecule has 0 fully saturated rings. The van der Waals surface area contributed by atoms with Gasteiger partial charge in [-0.2, -0.15) is 0 Å². The Morgan fingerprint density at radius 2 is 1.29 bits per heavy atom. The molecule has 5 amide bonds. The van der Waals surface area contributed by atoms with Gasteiger partial charge in [0.15, 0.2) is 0 Å². The fourth-order valence-corrected chi connectivity index (χ4v) is 5.46. The lowest BCUT2D eigenvalue weighted by Gasteiger charge is -2.26. The lowest BCUT2D eigenvalue weighted by atomic mass is 10.0. The highest BCUT2D eigenvalue weighted by atomic mass is 32.2. The van der Waals surface area contributed by atoms with Crippen LogP contribution in [-0.4, -0.2) is 67.8 Å². The number of carboxylic acid groups (broad SMARTS) is 1. The molecule has 4 aromatic carbocycles. The quantitative estimate of drug-likeness (QED) is 0.161. The van der Waals surface area contributed by atoms with E-state index in [-0.39, 0.29) is 24.1 Å². The second-order valence-corrected chi connectivity index (χ2v) is 11.9. The molecule has 248 valence electrons. The van der Waals surface area contributed by atoms with Gasteiger partial charge >= 0.3 is 12.0 Å². The van der Waals surface area contributed by atoms with Crippen LogP contribution in [0.3, 0.4) is 0 Å². The highest BCUT2D eigenvalue weighted by Crippen LogP contribution is 2.26. The number of likely N-dealkylation sites (N-methyl/N-ethyl adjacent to an activating group) is 1. The summed E-state index contributed by atoms with van der Waals surface area (Å²) in [5.41, 5.74) is 2.71. The number of aliphatic carboxylic acids is 1. The summed E-state index contributed by atoms with van der Waals surface area (Å²) >= 11 is 1.30. The Morgan fingerprint density at radius 3 is 1.92 bits per heavy atom. The molecule has 0 aromatic heterocycles. The summed E-state index contributed by atoms with van der Waals surface area (Å²) in [5, 5.41) is 14.5. The van der Waals surface area contributed by atoms with Crippen LogP contribution in [0.25, 0.3) is 0 Å². The van der Waals surface area contributed by atoms with Crippen molar-refractivity contribution in [3.63, 3.8) is 0 Å². The number of urea groups is 1. The molecule has 0 aliphatic heterocycles. The molecule has 4 aromatic rings. The fraction of sp³-hybridized carbons (Fsp3) is 0.194. The number of nitrogens with one attached hydrogen (secondary N) is 2. The van der Waals surface area contributed by atoms with Gasteiger partial charge in [-0.1, -0.05) is 54.6 Å². The van der Waals surface area contributed by atoms with E-state index in [0.29, 0.717) is 27.5 Å². The number of carbonyl (C=O) groups excluding carboxylic acids is 4. The highest BCUT2D eigenvalue weighted by Gasteiger charge is 2.23. The first-order valence-electron chi connectivity index (χ1n) is 15.1. The second kappa shape index (κ2) is 16.8. The normalized spacial score (nSPS) is 11.1. The Hall–Kier alpha value is -5.62. The van der Waals surface area contributed by atoms with E-state index in [1.54, 1.807) is 92.6 Å². The van der Waals surface area contributed by atoms with E-state index in [9.17, 15) is 29.1 Å². The van der Waals surface area contributed by atoms with Gasteiger partial charge in [0.1, 0.15) is 6.54 Å². The third-order valence-corrected chi connectivity index (χ3v) is 8.51. The fourth-order valence-electron chi connectivity index (χ4n) is 4.59. The summed E-state index contributed by atoms with van der Waals surface area (Å²) in [7, 11) is 3.33. The summed E-state index contributed by atoms with van der Waals surface area (Å²) in [4.78, 5) is 69.0. The number of anilines is 4. The number of carbonyl (C=O) groups is 5. The Bertz CT molecular complexity index is 1750. The van der Waals surface area contributed by atoms with Crippen molar-refractivity contribution in [3.05, 3.63) is 115 Å². The minimum atomic E-state index is -0.997. The molecular formula is C36H37N5O6S. The van der Waals surface area contributed by atoms with Gasteiger partial charge in [-0.15, -0.1) is 11.8 Å². The zero-order valence-corrected chi connectivity index (χ0v) is 27.6. The predicted molar refractivity (Wildman–Crippen MR) is 189 cm³/mol. The molecule has 0 saturated carbocycles. The van der Waals surface area contributed by atoms with E-state index in [4.69, 9.17) is 0 Å². The van der Waals surface area contributed by atoms with E-state index < -0.39 is 30.4 Å². The van der Waals surface area contributed by atoms with Crippen molar-refractivity contribution in [1.82, 2.24) is 5.32 Å². The molecule has 0 spiro atoms. The van der Waals surface area contributed by atoms with Gasteiger partial charge in [-0.3, -0.25) is 19.2 Å². The van der Waals surface area contributed by atoms with E-state index in [1.165, 1.54) is 21.6 Å². The van der Waals surface area contributed by atoms with Crippen molar-refractivity contribution >= 4 is 64.2 Å². The van der Waals surface area contributed by atoms with Crippen molar-refractivity contribution < 1.29 is 29.1 Å². The first kappa shape index (κ1) is 35.2.